The van der Waals surface area contributed by atoms with Crippen LogP contribution in [0.3, 0.4) is 0 Å². The summed E-state index contributed by atoms with van der Waals surface area (Å²) in [5, 5.41) is 5.29. The molecule has 2 rings (SSSR count). The molecule has 0 aliphatic rings. The summed E-state index contributed by atoms with van der Waals surface area (Å²) in [6, 6.07) is 6.98. The zero-order valence-corrected chi connectivity index (χ0v) is 17.9. The quantitative estimate of drug-likeness (QED) is 0.411. The van der Waals surface area contributed by atoms with Gasteiger partial charge in [0.1, 0.15) is 11.5 Å². The Hall–Kier alpha value is -3.76. The number of aromatic nitrogens is 1. The Kier molecular flexibility index (Phi) is 8.66. The van der Waals surface area contributed by atoms with Crippen LogP contribution in [0.5, 0.6) is 0 Å². The monoisotopic (exact) mass is 465 g/mol. The Morgan fingerprint density at radius 1 is 1.21 bits per heavy atom. The summed E-state index contributed by atoms with van der Waals surface area (Å²) in [6.07, 6.45) is -2.56. The zero-order valence-electron chi connectivity index (χ0n) is 17.9. The smallest absolute Gasteiger partial charge is 0.404 e. The first-order valence-electron chi connectivity index (χ1n) is 9.84. The fourth-order valence-electron chi connectivity index (χ4n) is 2.63. The number of carbonyl (C=O) groups is 2. The summed E-state index contributed by atoms with van der Waals surface area (Å²) in [5.74, 6) is -2.18. The predicted octanol–water partition coefficient (Wildman–Crippen LogP) is 3.28. The number of benzene rings is 1. The summed E-state index contributed by atoms with van der Waals surface area (Å²) in [6.45, 7) is 3.56. The van der Waals surface area contributed by atoms with E-state index in [2.05, 4.69) is 20.6 Å². The maximum absolute atomic E-state index is 13.4. The Balaban J connectivity index is 2.02. The SMILES string of the molecule is CC(C)NC(=O)Cc1cccc(C(=O)NCC(C=Nc2ccc(F)c(C(F)(F)F)c2)=CN)n1. The van der Waals surface area contributed by atoms with Gasteiger partial charge < -0.3 is 16.4 Å². The Morgan fingerprint density at radius 2 is 1.94 bits per heavy atom. The van der Waals surface area contributed by atoms with Gasteiger partial charge in [0.2, 0.25) is 5.91 Å². The number of carbonyl (C=O) groups excluding carboxylic acids is 2. The van der Waals surface area contributed by atoms with E-state index in [-0.39, 0.29) is 41.9 Å². The molecule has 0 unspecified atom stereocenters. The van der Waals surface area contributed by atoms with Crippen molar-refractivity contribution in [3.8, 4) is 0 Å². The van der Waals surface area contributed by atoms with E-state index in [4.69, 9.17) is 5.73 Å². The van der Waals surface area contributed by atoms with E-state index in [1.54, 1.807) is 12.1 Å². The van der Waals surface area contributed by atoms with Crippen LogP contribution in [0.4, 0.5) is 23.2 Å². The second kappa shape index (κ2) is 11.2. The maximum atomic E-state index is 13.4. The fraction of sp³-hybridized carbons (Fsp3) is 0.273. The topological polar surface area (TPSA) is 109 Å². The molecule has 11 heteroatoms. The fourth-order valence-corrected chi connectivity index (χ4v) is 2.63. The second-order valence-electron chi connectivity index (χ2n) is 7.26. The largest absolute Gasteiger partial charge is 0.419 e. The third-order valence-corrected chi connectivity index (χ3v) is 4.13. The predicted molar refractivity (Wildman–Crippen MR) is 115 cm³/mol. The van der Waals surface area contributed by atoms with E-state index in [0.29, 0.717) is 17.8 Å². The van der Waals surface area contributed by atoms with Gasteiger partial charge in [-0.1, -0.05) is 6.07 Å². The third kappa shape index (κ3) is 8.02. The summed E-state index contributed by atoms with van der Waals surface area (Å²) in [4.78, 5) is 32.3. The molecule has 1 aromatic heterocycles. The molecule has 2 amide bonds. The summed E-state index contributed by atoms with van der Waals surface area (Å²) in [7, 11) is 0. The second-order valence-corrected chi connectivity index (χ2v) is 7.26. The van der Waals surface area contributed by atoms with Gasteiger partial charge in [-0.2, -0.15) is 13.2 Å². The van der Waals surface area contributed by atoms with Crippen LogP contribution in [0.15, 0.2) is 53.2 Å². The van der Waals surface area contributed by atoms with Gasteiger partial charge in [-0.25, -0.2) is 9.37 Å². The van der Waals surface area contributed by atoms with Crippen molar-refractivity contribution in [1.29, 1.82) is 0 Å². The molecule has 4 N–H and O–H groups in total. The number of hydrogen-bond acceptors (Lipinski definition) is 5. The number of pyridine rings is 1. The van der Waals surface area contributed by atoms with E-state index in [1.165, 1.54) is 6.07 Å². The third-order valence-electron chi connectivity index (χ3n) is 4.13. The van der Waals surface area contributed by atoms with Gasteiger partial charge in [0.05, 0.1) is 23.4 Å². The Bertz CT molecular complexity index is 1060. The highest BCUT2D eigenvalue weighted by Crippen LogP contribution is 2.33. The molecule has 0 atom stereocenters. The van der Waals surface area contributed by atoms with Crippen molar-refractivity contribution < 1.29 is 27.2 Å². The zero-order chi connectivity index (χ0) is 24.6. The van der Waals surface area contributed by atoms with Crippen LogP contribution in [0.25, 0.3) is 0 Å². The van der Waals surface area contributed by atoms with Crippen LogP contribution in [0.1, 0.15) is 35.6 Å². The van der Waals surface area contributed by atoms with Crippen LogP contribution in [0.2, 0.25) is 0 Å². The number of nitrogens with two attached hydrogens (primary N) is 1. The van der Waals surface area contributed by atoms with Crippen LogP contribution in [0, 0.1) is 5.82 Å². The molecule has 33 heavy (non-hydrogen) atoms. The lowest BCUT2D eigenvalue weighted by atomic mass is 10.2. The number of amides is 2. The van der Waals surface area contributed by atoms with Crippen LogP contribution in [-0.2, 0) is 17.4 Å². The van der Waals surface area contributed by atoms with Crippen LogP contribution < -0.4 is 16.4 Å². The number of halogens is 4. The molecule has 0 spiro atoms. The normalized spacial score (nSPS) is 12.3. The number of nitrogens with one attached hydrogen (secondary N) is 2. The standard InChI is InChI=1S/C22H23F4N5O2/c1-13(2)30-20(32)9-16-4-3-5-19(31-16)21(33)29-12-14(10-27)11-28-15-6-7-18(23)17(8-15)22(24,25)26/h3-8,10-11,13H,9,12,27H2,1-2H3,(H,29,33)(H,30,32). The van der Waals surface area contributed by atoms with E-state index in [9.17, 15) is 27.2 Å². The van der Waals surface area contributed by atoms with Crippen molar-refractivity contribution in [2.24, 2.45) is 10.7 Å². The maximum Gasteiger partial charge on any atom is 0.419 e. The van der Waals surface area contributed by atoms with Crippen molar-refractivity contribution >= 4 is 23.7 Å². The molecular weight excluding hydrogens is 442 g/mol. The first-order valence-corrected chi connectivity index (χ1v) is 9.84. The summed E-state index contributed by atoms with van der Waals surface area (Å²) >= 11 is 0. The lowest BCUT2D eigenvalue weighted by Crippen LogP contribution is -2.32. The van der Waals surface area contributed by atoms with E-state index in [0.717, 1.165) is 18.5 Å². The Morgan fingerprint density at radius 3 is 2.58 bits per heavy atom. The van der Waals surface area contributed by atoms with Crippen molar-refractivity contribution in [2.75, 3.05) is 6.54 Å². The minimum absolute atomic E-state index is 0.0114. The minimum Gasteiger partial charge on any atom is -0.404 e. The summed E-state index contributed by atoms with van der Waals surface area (Å²) in [5.41, 5.74) is 4.70. The van der Waals surface area contributed by atoms with Gasteiger partial charge in [-0.05, 0) is 44.2 Å². The lowest BCUT2D eigenvalue weighted by Gasteiger charge is -2.09. The molecule has 0 fully saturated rings. The highest BCUT2D eigenvalue weighted by atomic mass is 19.4. The molecule has 0 saturated heterocycles. The number of aliphatic imine (C=N–C) groups is 1. The van der Waals surface area contributed by atoms with Gasteiger partial charge >= 0.3 is 6.18 Å². The van der Waals surface area contributed by atoms with E-state index < -0.39 is 23.5 Å². The molecule has 0 aliphatic carbocycles. The van der Waals surface area contributed by atoms with Gasteiger partial charge in [0.25, 0.3) is 5.91 Å². The average Bonchev–Trinajstić information content (AvgIpc) is 2.73. The molecule has 7 nitrogen and oxygen atoms in total. The van der Waals surface area contributed by atoms with Crippen LogP contribution >= 0.6 is 0 Å². The molecule has 1 heterocycles. The van der Waals surface area contributed by atoms with Gasteiger partial charge in [-0.3, -0.25) is 14.6 Å². The van der Waals surface area contributed by atoms with Gasteiger partial charge in [0.15, 0.2) is 0 Å². The molecule has 0 radical (unpaired) electrons. The van der Waals surface area contributed by atoms with Gasteiger partial charge in [0, 0.05) is 30.6 Å². The van der Waals surface area contributed by atoms with Gasteiger partial charge in [-0.15, -0.1) is 0 Å². The molecule has 2 aromatic rings. The first kappa shape index (κ1) is 25.5. The van der Waals surface area contributed by atoms with Crippen molar-refractivity contribution in [2.45, 2.75) is 32.5 Å². The molecule has 1 aromatic carbocycles. The molecule has 0 aliphatic heterocycles. The van der Waals surface area contributed by atoms with Crippen molar-refractivity contribution in [3.05, 3.63) is 70.9 Å². The summed E-state index contributed by atoms with van der Waals surface area (Å²) < 4.78 is 51.8. The molecular formula is C22H23F4N5O2. The highest BCUT2D eigenvalue weighted by Gasteiger charge is 2.34. The minimum atomic E-state index is -4.85. The average molecular weight is 465 g/mol. The highest BCUT2D eigenvalue weighted by molar-refractivity contribution is 5.93. The molecule has 0 bridgehead atoms. The van der Waals surface area contributed by atoms with Crippen LogP contribution in [-0.4, -0.2) is 35.6 Å². The van der Waals surface area contributed by atoms with Crippen molar-refractivity contribution in [3.63, 3.8) is 0 Å². The number of alkyl halides is 3. The molecule has 0 saturated carbocycles. The number of nitrogens with zero attached hydrogens (tertiary/aromatic N) is 2. The Labute approximate surface area is 187 Å². The number of rotatable bonds is 8. The van der Waals surface area contributed by atoms with Crippen molar-refractivity contribution in [1.82, 2.24) is 15.6 Å². The first-order chi connectivity index (χ1) is 15.5. The molecule has 176 valence electrons. The van der Waals surface area contributed by atoms with E-state index in [1.807, 2.05) is 13.8 Å². The lowest BCUT2D eigenvalue weighted by molar-refractivity contribution is -0.140. The number of hydrogen-bond donors (Lipinski definition) is 3. The van der Waals surface area contributed by atoms with E-state index >= 15 is 0 Å².